The summed E-state index contributed by atoms with van der Waals surface area (Å²) >= 11 is 12.1. The Balaban J connectivity index is 1.79. The first kappa shape index (κ1) is 17.5. The number of rotatable bonds is 4. The highest BCUT2D eigenvalue weighted by Crippen LogP contribution is 2.31. The molecule has 5 nitrogen and oxygen atoms in total. The second-order valence-electron chi connectivity index (χ2n) is 5.57. The van der Waals surface area contributed by atoms with Crippen LogP contribution in [-0.2, 0) is 10.0 Å². The van der Waals surface area contributed by atoms with E-state index < -0.39 is 10.0 Å². The van der Waals surface area contributed by atoms with Gasteiger partial charge in [0.2, 0.25) is 10.0 Å². The normalized spacial score (nSPS) is 16.1. The molecule has 2 aromatic rings. The minimum atomic E-state index is -3.47. The average Bonchev–Trinajstić information content (AvgIpc) is 2.60. The SMILES string of the molecule is O=S(=O)(c1ccc(Nc2cccc(Cl)c2Cl)nc1)N1CCCCC1. The highest BCUT2D eigenvalue weighted by atomic mass is 35.5. The summed E-state index contributed by atoms with van der Waals surface area (Å²) in [7, 11) is -3.47. The van der Waals surface area contributed by atoms with E-state index in [1.807, 2.05) is 0 Å². The quantitative estimate of drug-likeness (QED) is 0.851. The van der Waals surface area contributed by atoms with Crippen molar-refractivity contribution in [1.82, 2.24) is 9.29 Å². The lowest BCUT2D eigenvalue weighted by molar-refractivity contribution is 0.346. The molecule has 0 amide bonds. The van der Waals surface area contributed by atoms with Crippen LogP contribution in [0.3, 0.4) is 0 Å². The smallest absolute Gasteiger partial charge is 0.244 e. The first-order valence-corrected chi connectivity index (χ1v) is 9.85. The van der Waals surface area contributed by atoms with Crippen molar-refractivity contribution in [2.24, 2.45) is 0 Å². The third-order valence-electron chi connectivity index (χ3n) is 3.90. The maximum atomic E-state index is 12.6. The lowest BCUT2D eigenvalue weighted by Crippen LogP contribution is -2.35. The number of pyridine rings is 1. The van der Waals surface area contributed by atoms with Gasteiger partial charge in [-0.1, -0.05) is 35.7 Å². The molecule has 1 aliphatic heterocycles. The molecule has 0 unspecified atom stereocenters. The molecule has 0 bridgehead atoms. The summed E-state index contributed by atoms with van der Waals surface area (Å²) in [5.74, 6) is 0.497. The van der Waals surface area contributed by atoms with E-state index in [9.17, 15) is 8.42 Å². The van der Waals surface area contributed by atoms with Crippen molar-refractivity contribution >= 4 is 44.7 Å². The molecule has 1 fully saturated rings. The second-order valence-corrected chi connectivity index (χ2v) is 8.29. The zero-order valence-corrected chi connectivity index (χ0v) is 15.2. The predicted octanol–water partition coefficient (Wildman–Crippen LogP) is 4.31. The summed E-state index contributed by atoms with van der Waals surface area (Å²) in [6, 6.07) is 8.41. The van der Waals surface area contributed by atoms with E-state index in [2.05, 4.69) is 10.3 Å². The Morgan fingerprint density at radius 3 is 2.46 bits per heavy atom. The maximum absolute atomic E-state index is 12.6. The number of aromatic nitrogens is 1. The minimum Gasteiger partial charge on any atom is -0.339 e. The first-order valence-electron chi connectivity index (χ1n) is 7.66. The van der Waals surface area contributed by atoms with Gasteiger partial charge in [0, 0.05) is 19.3 Å². The Hall–Kier alpha value is -1.34. The molecule has 1 aromatic heterocycles. The van der Waals surface area contributed by atoms with Crippen molar-refractivity contribution in [2.45, 2.75) is 24.2 Å². The summed E-state index contributed by atoms with van der Waals surface area (Å²) in [5.41, 5.74) is 0.614. The number of sulfonamides is 1. The maximum Gasteiger partial charge on any atom is 0.244 e. The number of anilines is 2. The molecular weight excluding hydrogens is 369 g/mol. The Morgan fingerprint density at radius 1 is 1.04 bits per heavy atom. The molecule has 1 aliphatic rings. The largest absolute Gasteiger partial charge is 0.339 e. The van der Waals surface area contributed by atoms with Gasteiger partial charge in [-0.2, -0.15) is 4.31 Å². The lowest BCUT2D eigenvalue weighted by atomic mass is 10.2. The van der Waals surface area contributed by atoms with Crippen molar-refractivity contribution in [3.05, 3.63) is 46.6 Å². The van der Waals surface area contributed by atoms with Crippen LogP contribution in [0.1, 0.15) is 19.3 Å². The van der Waals surface area contributed by atoms with Crippen LogP contribution in [-0.4, -0.2) is 30.8 Å². The Kier molecular flexibility index (Phi) is 5.30. The van der Waals surface area contributed by atoms with Gasteiger partial charge in [-0.05, 0) is 37.1 Å². The van der Waals surface area contributed by atoms with Gasteiger partial charge in [0.05, 0.1) is 15.7 Å². The Bertz CT molecular complexity index is 820. The topological polar surface area (TPSA) is 62.3 Å². The van der Waals surface area contributed by atoms with Gasteiger partial charge < -0.3 is 5.32 Å². The van der Waals surface area contributed by atoms with Crippen LogP contribution in [0.25, 0.3) is 0 Å². The minimum absolute atomic E-state index is 0.201. The van der Waals surface area contributed by atoms with E-state index in [0.717, 1.165) is 19.3 Å². The molecule has 1 N–H and O–H groups in total. The van der Waals surface area contributed by atoms with Crippen molar-refractivity contribution in [3.8, 4) is 0 Å². The van der Waals surface area contributed by atoms with E-state index in [-0.39, 0.29) is 4.90 Å². The number of piperidine rings is 1. The van der Waals surface area contributed by atoms with Gasteiger partial charge in [0.25, 0.3) is 0 Å². The van der Waals surface area contributed by atoms with E-state index in [1.165, 1.54) is 10.5 Å². The highest BCUT2D eigenvalue weighted by molar-refractivity contribution is 7.89. The predicted molar refractivity (Wildman–Crippen MR) is 96.6 cm³/mol. The van der Waals surface area contributed by atoms with Crippen molar-refractivity contribution in [3.63, 3.8) is 0 Å². The van der Waals surface area contributed by atoms with Crippen LogP contribution >= 0.6 is 23.2 Å². The first-order chi connectivity index (χ1) is 11.5. The number of nitrogens with zero attached hydrogens (tertiary/aromatic N) is 2. The molecule has 3 rings (SSSR count). The molecule has 8 heteroatoms. The van der Waals surface area contributed by atoms with E-state index in [1.54, 1.807) is 30.3 Å². The Labute approximate surface area is 151 Å². The van der Waals surface area contributed by atoms with Gasteiger partial charge in [-0.15, -0.1) is 0 Å². The Morgan fingerprint density at radius 2 is 1.79 bits per heavy atom. The molecule has 2 heterocycles. The van der Waals surface area contributed by atoms with Gasteiger partial charge in [-0.3, -0.25) is 0 Å². The monoisotopic (exact) mass is 385 g/mol. The molecule has 1 aromatic carbocycles. The fraction of sp³-hybridized carbons (Fsp3) is 0.312. The molecular formula is C16H17Cl2N3O2S. The summed E-state index contributed by atoms with van der Waals surface area (Å²) in [6.45, 7) is 1.14. The van der Waals surface area contributed by atoms with Crippen LogP contribution in [0.5, 0.6) is 0 Å². The molecule has 0 aliphatic carbocycles. The highest BCUT2D eigenvalue weighted by Gasteiger charge is 2.26. The van der Waals surface area contributed by atoms with Crippen molar-refractivity contribution < 1.29 is 8.42 Å². The number of hydrogen-bond donors (Lipinski definition) is 1. The number of benzene rings is 1. The van der Waals surface area contributed by atoms with Gasteiger partial charge in [0.15, 0.2) is 0 Å². The number of halogens is 2. The van der Waals surface area contributed by atoms with Crippen LogP contribution in [0.4, 0.5) is 11.5 Å². The lowest BCUT2D eigenvalue weighted by Gasteiger charge is -2.25. The van der Waals surface area contributed by atoms with Gasteiger partial charge >= 0.3 is 0 Å². The summed E-state index contributed by atoms with van der Waals surface area (Å²) < 4.78 is 26.7. The average molecular weight is 386 g/mol. The molecule has 0 spiro atoms. The molecule has 0 radical (unpaired) electrons. The van der Waals surface area contributed by atoms with Gasteiger partial charge in [-0.25, -0.2) is 13.4 Å². The molecule has 1 saturated heterocycles. The third-order valence-corrected chi connectivity index (χ3v) is 6.60. The number of nitrogens with one attached hydrogen (secondary N) is 1. The van der Waals surface area contributed by atoms with Crippen LogP contribution in [0, 0.1) is 0 Å². The standard InChI is InChI=1S/C16H17Cl2N3O2S/c17-13-5-4-6-14(16(13)18)20-15-8-7-12(11-19-15)24(22,23)21-9-2-1-3-10-21/h4-8,11H,1-3,9-10H2,(H,19,20). The fourth-order valence-corrected chi connectivity index (χ4v) is 4.41. The zero-order chi connectivity index (χ0) is 17.2. The summed E-state index contributed by atoms with van der Waals surface area (Å²) in [6.07, 6.45) is 4.25. The van der Waals surface area contributed by atoms with Crippen LogP contribution in [0.2, 0.25) is 10.0 Å². The van der Waals surface area contributed by atoms with E-state index in [4.69, 9.17) is 23.2 Å². The second kappa shape index (κ2) is 7.27. The fourth-order valence-electron chi connectivity index (χ4n) is 2.60. The molecule has 0 atom stereocenters. The van der Waals surface area contributed by atoms with E-state index >= 15 is 0 Å². The van der Waals surface area contributed by atoms with Crippen molar-refractivity contribution in [2.75, 3.05) is 18.4 Å². The van der Waals surface area contributed by atoms with Crippen LogP contribution < -0.4 is 5.32 Å². The molecule has 0 saturated carbocycles. The van der Waals surface area contributed by atoms with Gasteiger partial charge in [0.1, 0.15) is 10.7 Å². The summed E-state index contributed by atoms with van der Waals surface area (Å²) in [4.78, 5) is 4.39. The number of hydrogen-bond acceptors (Lipinski definition) is 4. The molecule has 128 valence electrons. The third kappa shape index (κ3) is 3.67. The van der Waals surface area contributed by atoms with Crippen LogP contribution in [0.15, 0.2) is 41.4 Å². The van der Waals surface area contributed by atoms with E-state index in [0.29, 0.717) is 34.6 Å². The summed E-state index contributed by atoms with van der Waals surface area (Å²) in [5, 5.41) is 3.87. The molecule has 24 heavy (non-hydrogen) atoms. The zero-order valence-electron chi connectivity index (χ0n) is 12.9. The van der Waals surface area contributed by atoms with Crippen molar-refractivity contribution in [1.29, 1.82) is 0 Å².